The largest absolute Gasteiger partial charge is 0.382 e. The molecule has 0 unspecified atom stereocenters. The van der Waals surface area contributed by atoms with Crippen molar-refractivity contribution in [3.8, 4) is 0 Å². The summed E-state index contributed by atoms with van der Waals surface area (Å²) < 4.78 is 5.15. The Balaban J connectivity index is 1.94. The van der Waals surface area contributed by atoms with E-state index >= 15 is 0 Å². The molecular formula is C14H21NO. The van der Waals surface area contributed by atoms with Crippen LogP contribution < -0.4 is 5.32 Å². The van der Waals surface area contributed by atoms with Crippen LogP contribution in [0.25, 0.3) is 0 Å². The molecule has 1 aromatic rings. The van der Waals surface area contributed by atoms with Crippen LogP contribution in [0.5, 0.6) is 0 Å². The van der Waals surface area contributed by atoms with Crippen molar-refractivity contribution in [1.29, 1.82) is 0 Å². The van der Waals surface area contributed by atoms with E-state index in [1.807, 2.05) is 0 Å². The molecule has 2 nitrogen and oxygen atoms in total. The molecule has 0 saturated heterocycles. The van der Waals surface area contributed by atoms with Crippen LogP contribution in [0, 0.1) is 0 Å². The zero-order chi connectivity index (χ0) is 11.2. The average Bonchev–Trinajstić information content (AvgIpc) is 2.31. The molecule has 0 aliphatic heterocycles. The van der Waals surface area contributed by atoms with Gasteiger partial charge in [0.15, 0.2) is 0 Å². The minimum atomic E-state index is 0.673. The highest BCUT2D eigenvalue weighted by Crippen LogP contribution is 2.22. The van der Waals surface area contributed by atoms with E-state index in [0.29, 0.717) is 12.6 Å². The Morgan fingerprint density at radius 2 is 2.06 bits per heavy atom. The number of rotatable bonds is 4. The van der Waals surface area contributed by atoms with E-state index in [-0.39, 0.29) is 0 Å². The van der Waals surface area contributed by atoms with Gasteiger partial charge in [0, 0.05) is 18.8 Å². The van der Waals surface area contributed by atoms with Crippen molar-refractivity contribution in [2.75, 3.05) is 12.4 Å². The first-order valence-electron chi connectivity index (χ1n) is 6.23. The Labute approximate surface area is 98.0 Å². The summed E-state index contributed by atoms with van der Waals surface area (Å²) in [6.45, 7) is 0.695. The Hall–Kier alpha value is -1.02. The van der Waals surface area contributed by atoms with Gasteiger partial charge >= 0.3 is 0 Å². The van der Waals surface area contributed by atoms with Crippen molar-refractivity contribution in [2.45, 2.75) is 44.8 Å². The van der Waals surface area contributed by atoms with Crippen molar-refractivity contribution >= 4 is 5.69 Å². The molecule has 0 radical (unpaired) electrons. The Kier molecular flexibility index (Phi) is 4.23. The van der Waals surface area contributed by atoms with Gasteiger partial charge < -0.3 is 10.1 Å². The molecule has 0 aromatic heterocycles. The highest BCUT2D eigenvalue weighted by Gasteiger charge is 2.12. The van der Waals surface area contributed by atoms with Crippen LogP contribution >= 0.6 is 0 Å². The smallest absolute Gasteiger partial charge is 0.0713 e. The number of hydrogen-bond acceptors (Lipinski definition) is 2. The second-order valence-corrected chi connectivity index (χ2v) is 4.61. The van der Waals surface area contributed by atoms with Gasteiger partial charge in [0.05, 0.1) is 6.61 Å². The number of ether oxygens (including phenoxy) is 1. The number of hydrogen-bond donors (Lipinski definition) is 1. The van der Waals surface area contributed by atoms with Gasteiger partial charge in [-0.1, -0.05) is 31.4 Å². The van der Waals surface area contributed by atoms with E-state index in [9.17, 15) is 0 Å². The van der Waals surface area contributed by atoms with E-state index in [1.54, 1.807) is 7.11 Å². The molecule has 16 heavy (non-hydrogen) atoms. The topological polar surface area (TPSA) is 21.3 Å². The Bertz CT molecular complexity index is 318. The molecule has 0 spiro atoms. The minimum Gasteiger partial charge on any atom is -0.382 e. The zero-order valence-corrected chi connectivity index (χ0v) is 10.0. The lowest BCUT2D eigenvalue weighted by Crippen LogP contribution is -2.22. The summed E-state index contributed by atoms with van der Waals surface area (Å²) in [5.74, 6) is 0. The lowest BCUT2D eigenvalue weighted by atomic mass is 9.95. The van der Waals surface area contributed by atoms with Gasteiger partial charge in [0.2, 0.25) is 0 Å². The van der Waals surface area contributed by atoms with Gasteiger partial charge in [-0.3, -0.25) is 0 Å². The first kappa shape index (κ1) is 11.5. The first-order valence-corrected chi connectivity index (χ1v) is 6.23. The first-order chi connectivity index (χ1) is 7.88. The van der Waals surface area contributed by atoms with Crippen LogP contribution in [0.2, 0.25) is 0 Å². The molecule has 2 heteroatoms. The molecule has 1 aliphatic rings. The highest BCUT2D eigenvalue weighted by atomic mass is 16.5. The van der Waals surface area contributed by atoms with Crippen molar-refractivity contribution in [1.82, 2.24) is 0 Å². The van der Waals surface area contributed by atoms with E-state index in [4.69, 9.17) is 4.74 Å². The van der Waals surface area contributed by atoms with Gasteiger partial charge in [-0.25, -0.2) is 0 Å². The van der Waals surface area contributed by atoms with Crippen molar-refractivity contribution in [3.05, 3.63) is 29.8 Å². The fourth-order valence-corrected chi connectivity index (χ4v) is 2.40. The predicted octanol–water partition coefficient (Wildman–Crippen LogP) is 3.58. The molecule has 1 saturated carbocycles. The van der Waals surface area contributed by atoms with Crippen LogP contribution in [0.1, 0.15) is 37.7 Å². The van der Waals surface area contributed by atoms with Crippen LogP contribution in [0.3, 0.4) is 0 Å². The minimum absolute atomic E-state index is 0.673. The summed E-state index contributed by atoms with van der Waals surface area (Å²) in [6.07, 6.45) is 6.77. The molecule has 1 fully saturated rings. The fourth-order valence-electron chi connectivity index (χ4n) is 2.40. The summed E-state index contributed by atoms with van der Waals surface area (Å²) in [4.78, 5) is 0. The average molecular weight is 219 g/mol. The molecule has 0 heterocycles. The Morgan fingerprint density at radius 1 is 1.25 bits per heavy atom. The van der Waals surface area contributed by atoms with Crippen LogP contribution in [-0.4, -0.2) is 13.2 Å². The molecule has 1 N–H and O–H groups in total. The number of nitrogens with one attached hydrogen (secondary N) is 1. The summed E-state index contributed by atoms with van der Waals surface area (Å²) in [5.41, 5.74) is 2.48. The second-order valence-electron chi connectivity index (χ2n) is 4.61. The molecule has 1 aliphatic carbocycles. The van der Waals surface area contributed by atoms with Crippen molar-refractivity contribution in [2.24, 2.45) is 0 Å². The third-order valence-corrected chi connectivity index (χ3v) is 3.21. The van der Waals surface area contributed by atoms with E-state index in [2.05, 4.69) is 29.6 Å². The molecular weight excluding hydrogens is 198 g/mol. The standard InChI is InChI=1S/C14H21NO/c1-16-11-12-6-5-9-14(10-12)15-13-7-3-2-4-8-13/h5-6,9-10,13,15H,2-4,7-8,11H2,1H3. The fraction of sp³-hybridized carbons (Fsp3) is 0.571. The highest BCUT2D eigenvalue weighted by molar-refractivity contribution is 5.46. The van der Waals surface area contributed by atoms with Crippen LogP contribution in [-0.2, 0) is 11.3 Å². The lowest BCUT2D eigenvalue weighted by Gasteiger charge is -2.24. The third kappa shape index (κ3) is 3.24. The van der Waals surface area contributed by atoms with Crippen LogP contribution in [0.4, 0.5) is 5.69 Å². The van der Waals surface area contributed by atoms with E-state index in [0.717, 1.165) is 0 Å². The second kappa shape index (κ2) is 5.90. The normalized spacial score (nSPS) is 17.3. The third-order valence-electron chi connectivity index (χ3n) is 3.21. The van der Waals surface area contributed by atoms with Crippen LogP contribution in [0.15, 0.2) is 24.3 Å². The summed E-state index contributed by atoms with van der Waals surface area (Å²) in [7, 11) is 1.74. The van der Waals surface area contributed by atoms with Gasteiger partial charge in [0.25, 0.3) is 0 Å². The quantitative estimate of drug-likeness (QED) is 0.835. The number of benzene rings is 1. The molecule has 0 atom stereocenters. The van der Waals surface area contributed by atoms with E-state index < -0.39 is 0 Å². The van der Waals surface area contributed by atoms with Gasteiger partial charge in [-0.05, 0) is 30.5 Å². The Morgan fingerprint density at radius 3 is 2.81 bits per heavy atom. The lowest BCUT2D eigenvalue weighted by molar-refractivity contribution is 0.185. The summed E-state index contributed by atoms with van der Waals surface area (Å²) in [6, 6.07) is 9.22. The monoisotopic (exact) mass is 219 g/mol. The predicted molar refractivity (Wildman–Crippen MR) is 67.7 cm³/mol. The maximum atomic E-state index is 5.15. The molecule has 88 valence electrons. The van der Waals surface area contributed by atoms with Crippen molar-refractivity contribution < 1.29 is 4.74 Å². The SMILES string of the molecule is COCc1cccc(NC2CCCCC2)c1. The number of anilines is 1. The van der Waals surface area contributed by atoms with Crippen molar-refractivity contribution in [3.63, 3.8) is 0 Å². The molecule has 1 aromatic carbocycles. The summed E-state index contributed by atoms with van der Waals surface area (Å²) in [5, 5.41) is 3.62. The number of methoxy groups -OCH3 is 1. The molecule has 0 bridgehead atoms. The van der Waals surface area contributed by atoms with Gasteiger partial charge in [0.1, 0.15) is 0 Å². The zero-order valence-electron chi connectivity index (χ0n) is 10.0. The van der Waals surface area contributed by atoms with E-state index in [1.165, 1.54) is 43.4 Å². The maximum Gasteiger partial charge on any atom is 0.0713 e. The van der Waals surface area contributed by atoms with Gasteiger partial charge in [-0.2, -0.15) is 0 Å². The maximum absolute atomic E-state index is 5.15. The molecule has 0 amide bonds. The molecule has 2 rings (SSSR count). The van der Waals surface area contributed by atoms with Gasteiger partial charge in [-0.15, -0.1) is 0 Å². The summed E-state index contributed by atoms with van der Waals surface area (Å²) >= 11 is 0.